The molecule has 0 bridgehead atoms. The lowest BCUT2D eigenvalue weighted by atomic mass is 10.1. The first-order chi connectivity index (χ1) is 10.3. The van der Waals surface area contributed by atoms with Crippen molar-refractivity contribution in [3.63, 3.8) is 0 Å². The largest absolute Gasteiger partial charge is 0.411 e. The zero-order valence-corrected chi connectivity index (χ0v) is 12.3. The van der Waals surface area contributed by atoms with Gasteiger partial charge in [0.05, 0.1) is 5.75 Å². The maximum atomic E-state index is 11.9. The molecule has 118 valence electrons. The van der Waals surface area contributed by atoms with Crippen LogP contribution in [0.5, 0.6) is 0 Å². The molecular weight excluding hydrogens is 319 g/mol. The Balaban J connectivity index is 1.89. The third kappa shape index (κ3) is 5.06. The van der Waals surface area contributed by atoms with Crippen LogP contribution in [0.4, 0.5) is 13.2 Å². The Kier molecular flexibility index (Phi) is 5.07. The van der Waals surface area contributed by atoms with Crippen LogP contribution in [0.15, 0.2) is 33.9 Å². The Morgan fingerprint density at radius 3 is 2.82 bits per heavy atom. The second-order valence-corrected chi connectivity index (χ2v) is 5.35. The van der Waals surface area contributed by atoms with E-state index >= 15 is 0 Å². The molecule has 0 unspecified atom stereocenters. The number of amides is 1. The summed E-state index contributed by atoms with van der Waals surface area (Å²) < 4.78 is 41.2. The van der Waals surface area contributed by atoms with Gasteiger partial charge < -0.3 is 9.73 Å². The Bertz CT molecular complexity index is 658. The SMILES string of the molecule is Cc1cccc(-c2nnc(SCC(=O)NCC(F)(F)F)o2)c1. The van der Waals surface area contributed by atoms with E-state index in [-0.39, 0.29) is 11.0 Å². The number of carbonyl (C=O) groups is 1. The van der Waals surface area contributed by atoms with Crippen molar-refractivity contribution in [3.8, 4) is 11.5 Å². The third-order valence-electron chi connectivity index (χ3n) is 2.48. The summed E-state index contributed by atoms with van der Waals surface area (Å²) in [5.41, 5.74) is 1.76. The van der Waals surface area contributed by atoms with E-state index in [1.807, 2.05) is 25.1 Å². The van der Waals surface area contributed by atoms with Crippen molar-refractivity contribution in [1.82, 2.24) is 15.5 Å². The number of thioether (sulfide) groups is 1. The fraction of sp³-hybridized carbons (Fsp3) is 0.308. The molecule has 1 aromatic heterocycles. The fourth-order valence-electron chi connectivity index (χ4n) is 1.54. The molecule has 0 aliphatic carbocycles. The summed E-state index contributed by atoms with van der Waals surface area (Å²) in [6, 6.07) is 7.41. The van der Waals surface area contributed by atoms with Gasteiger partial charge in [0.2, 0.25) is 11.8 Å². The Hall–Kier alpha value is -2.03. The van der Waals surface area contributed by atoms with E-state index in [0.29, 0.717) is 5.89 Å². The smallest absolute Gasteiger partial charge is 0.405 e. The number of aromatic nitrogens is 2. The van der Waals surface area contributed by atoms with Crippen LogP contribution in [0.2, 0.25) is 0 Å². The highest BCUT2D eigenvalue weighted by Gasteiger charge is 2.27. The van der Waals surface area contributed by atoms with E-state index < -0.39 is 18.6 Å². The maximum absolute atomic E-state index is 11.9. The summed E-state index contributed by atoms with van der Waals surface area (Å²) in [6.07, 6.45) is -4.43. The fourth-order valence-corrected chi connectivity index (χ4v) is 2.13. The third-order valence-corrected chi connectivity index (χ3v) is 3.30. The van der Waals surface area contributed by atoms with Gasteiger partial charge in [-0.3, -0.25) is 4.79 Å². The molecule has 22 heavy (non-hydrogen) atoms. The molecule has 0 aliphatic heterocycles. The summed E-state index contributed by atoms with van der Waals surface area (Å²) >= 11 is 0.879. The van der Waals surface area contributed by atoms with E-state index in [1.165, 1.54) is 0 Å². The van der Waals surface area contributed by atoms with Gasteiger partial charge in [-0.2, -0.15) is 13.2 Å². The average molecular weight is 331 g/mol. The first-order valence-electron chi connectivity index (χ1n) is 6.20. The van der Waals surface area contributed by atoms with Crippen molar-refractivity contribution in [1.29, 1.82) is 0 Å². The first kappa shape index (κ1) is 16.3. The quantitative estimate of drug-likeness (QED) is 0.853. The van der Waals surface area contributed by atoms with Gasteiger partial charge in [0, 0.05) is 5.56 Å². The molecule has 0 spiro atoms. The zero-order valence-electron chi connectivity index (χ0n) is 11.5. The zero-order chi connectivity index (χ0) is 16.2. The number of hydrogen-bond acceptors (Lipinski definition) is 5. The van der Waals surface area contributed by atoms with Crippen molar-refractivity contribution in [2.24, 2.45) is 0 Å². The monoisotopic (exact) mass is 331 g/mol. The molecule has 1 amide bonds. The molecule has 1 aromatic carbocycles. The number of halogens is 3. The van der Waals surface area contributed by atoms with E-state index in [4.69, 9.17) is 4.42 Å². The van der Waals surface area contributed by atoms with Crippen LogP contribution in [0, 0.1) is 6.92 Å². The molecule has 0 saturated heterocycles. The summed E-state index contributed by atoms with van der Waals surface area (Å²) in [5.74, 6) is -0.689. The van der Waals surface area contributed by atoms with Crippen LogP contribution >= 0.6 is 11.8 Å². The van der Waals surface area contributed by atoms with Crippen molar-refractivity contribution < 1.29 is 22.4 Å². The van der Waals surface area contributed by atoms with Gasteiger partial charge in [0.1, 0.15) is 6.54 Å². The molecule has 1 heterocycles. The Labute approximate surface area is 128 Å². The van der Waals surface area contributed by atoms with Gasteiger partial charge in [-0.05, 0) is 19.1 Å². The lowest BCUT2D eigenvalue weighted by molar-refractivity contribution is -0.136. The predicted molar refractivity (Wildman–Crippen MR) is 74.3 cm³/mol. The van der Waals surface area contributed by atoms with Crippen LogP contribution in [-0.2, 0) is 4.79 Å². The van der Waals surface area contributed by atoms with Gasteiger partial charge in [0.25, 0.3) is 5.22 Å². The van der Waals surface area contributed by atoms with Gasteiger partial charge in [-0.1, -0.05) is 29.5 Å². The van der Waals surface area contributed by atoms with Crippen molar-refractivity contribution >= 4 is 17.7 Å². The molecular formula is C13H12F3N3O2S. The minimum Gasteiger partial charge on any atom is -0.411 e. The van der Waals surface area contributed by atoms with Crippen LogP contribution in [0.3, 0.4) is 0 Å². The van der Waals surface area contributed by atoms with Crippen molar-refractivity contribution in [2.75, 3.05) is 12.3 Å². The summed E-state index contributed by atoms with van der Waals surface area (Å²) in [6.45, 7) is 0.561. The standard InChI is InChI=1S/C13H12F3N3O2S/c1-8-3-2-4-9(5-8)11-18-19-12(21-11)22-6-10(20)17-7-13(14,15)16/h2-5H,6-7H2,1H3,(H,17,20). The molecule has 0 radical (unpaired) electrons. The average Bonchev–Trinajstić information content (AvgIpc) is 2.91. The van der Waals surface area contributed by atoms with Crippen LogP contribution in [0.1, 0.15) is 5.56 Å². The van der Waals surface area contributed by atoms with E-state index in [0.717, 1.165) is 22.9 Å². The number of nitrogens with one attached hydrogen (secondary N) is 1. The predicted octanol–water partition coefficient (Wildman–Crippen LogP) is 2.82. The van der Waals surface area contributed by atoms with Gasteiger partial charge in [-0.25, -0.2) is 0 Å². The maximum Gasteiger partial charge on any atom is 0.405 e. The molecule has 0 aliphatic rings. The second-order valence-electron chi connectivity index (χ2n) is 4.42. The van der Waals surface area contributed by atoms with E-state index in [2.05, 4.69) is 10.2 Å². The van der Waals surface area contributed by atoms with Crippen molar-refractivity contribution in [3.05, 3.63) is 29.8 Å². The molecule has 0 fully saturated rings. The lowest BCUT2D eigenvalue weighted by Crippen LogP contribution is -2.34. The Morgan fingerprint density at radius 2 is 2.14 bits per heavy atom. The number of aryl methyl sites for hydroxylation is 1. The van der Waals surface area contributed by atoms with Crippen molar-refractivity contribution in [2.45, 2.75) is 18.3 Å². The molecule has 9 heteroatoms. The molecule has 5 nitrogen and oxygen atoms in total. The van der Waals surface area contributed by atoms with Gasteiger partial charge in [-0.15, -0.1) is 10.2 Å². The number of benzene rings is 1. The minimum atomic E-state index is -4.43. The first-order valence-corrected chi connectivity index (χ1v) is 7.19. The van der Waals surface area contributed by atoms with Crippen LogP contribution < -0.4 is 5.32 Å². The highest BCUT2D eigenvalue weighted by molar-refractivity contribution is 7.99. The molecule has 0 saturated carbocycles. The highest BCUT2D eigenvalue weighted by Crippen LogP contribution is 2.23. The van der Waals surface area contributed by atoms with Crippen LogP contribution in [0.25, 0.3) is 11.5 Å². The number of nitrogens with zero attached hydrogens (tertiary/aromatic N) is 2. The molecule has 2 aromatic rings. The molecule has 1 N–H and O–H groups in total. The van der Waals surface area contributed by atoms with Gasteiger partial charge >= 0.3 is 6.18 Å². The minimum absolute atomic E-state index is 0.124. The summed E-state index contributed by atoms with van der Waals surface area (Å²) in [7, 11) is 0. The van der Waals surface area contributed by atoms with Crippen LogP contribution in [-0.4, -0.2) is 34.6 Å². The number of rotatable bonds is 5. The topological polar surface area (TPSA) is 68.0 Å². The highest BCUT2D eigenvalue weighted by atomic mass is 32.2. The van der Waals surface area contributed by atoms with E-state index in [9.17, 15) is 18.0 Å². The number of hydrogen-bond donors (Lipinski definition) is 1. The number of carbonyl (C=O) groups excluding carboxylic acids is 1. The van der Waals surface area contributed by atoms with E-state index in [1.54, 1.807) is 11.4 Å². The van der Waals surface area contributed by atoms with Gasteiger partial charge in [0.15, 0.2) is 0 Å². The number of alkyl halides is 3. The molecule has 0 atom stereocenters. The summed E-state index contributed by atoms with van der Waals surface area (Å²) in [4.78, 5) is 11.3. The second kappa shape index (κ2) is 6.82. The molecule has 2 rings (SSSR count). The normalized spacial score (nSPS) is 11.5. The summed E-state index contributed by atoms with van der Waals surface area (Å²) in [5, 5.41) is 9.48. The Morgan fingerprint density at radius 1 is 1.36 bits per heavy atom. The lowest BCUT2D eigenvalue weighted by Gasteiger charge is -2.06.